The molecule has 1 aliphatic heterocycles. The van der Waals surface area contributed by atoms with E-state index in [1.54, 1.807) is 24.1 Å². The molecule has 1 saturated carbocycles. The van der Waals surface area contributed by atoms with Crippen LogP contribution in [0, 0.1) is 22.7 Å². The lowest BCUT2D eigenvalue weighted by Gasteiger charge is -2.29. The topological polar surface area (TPSA) is 148 Å². The molecule has 0 radical (unpaired) electrons. The van der Waals surface area contributed by atoms with E-state index in [9.17, 15) is 15.3 Å². The van der Waals surface area contributed by atoms with Crippen LogP contribution in [0.5, 0.6) is 5.75 Å². The minimum atomic E-state index is -0.144. The number of rotatable bonds is 8. The summed E-state index contributed by atoms with van der Waals surface area (Å²) < 4.78 is 6.76. The first kappa shape index (κ1) is 26.3. The van der Waals surface area contributed by atoms with Crippen LogP contribution < -0.4 is 25.2 Å². The molecule has 206 valence electrons. The largest absolute Gasteiger partial charge is 0.497 e. The van der Waals surface area contributed by atoms with E-state index in [-0.39, 0.29) is 35.2 Å². The zero-order valence-electron chi connectivity index (χ0n) is 22.1. The van der Waals surface area contributed by atoms with E-state index in [0.717, 1.165) is 24.2 Å². The van der Waals surface area contributed by atoms with Crippen LogP contribution in [0.1, 0.15) is 29.7 Å². The van der Waals surface area contributed by atoms with Crippen molar-refractivity contribution in [3.05, 3.63) is 64.4 Å². The Labute approximate surface area is 240 Å². The van der Waals surface area contributed by atoms with Crippen LogP contribution in [0.4, 0.5) is 23.1 Å². The first-order valence-electron chi connectivity index (χ1n) is 13.1. The van der Waals surface area contributed by atoms with Crippen LogP contribution >= 0.6 is 11.6 Å². The summed E-state index contributed by atoms with van der Waals surface area (Å²) in [5.41, 5.74) is 2.88. The molecular formula is C28H25ClN10O2. The number of nitrogens with zero attached hydrogens (tertiary/aromatic N) is 8. The maximum Gasteiger partial charge on any atom is 0.247 e. The minimum absolute atomic E-state index is 0.144. The highest BCUT2D eigenvalue weighted by Crippen LogP contribution is 2.38. The van der Waals surface area contributed by atoms with E-state index in [2.05, 4.69) is 37.8 Å². The summed E-state index contributed by atoms with van der Waals surface area (Å²) in [5, 5.41) is 30.4. The van der Waals surface area contributed by atoms with E-state index in [4.69, 9.17) is 21.3 Å². The number of halogens is 1. The molecule has 4 aromatic rings. The standard InChI is InChI=1S/C28H25ClN10O2/c1-41-21-6-2-17(3-7-21)16-38(19-4-5-19)27-26-33-14-20(13-31)39(26)36-28(35-27)34-22-10-18(12-30)11-23(25(22)29)37-9-8-32-15-24(37)40/h2-3,6-7,10-11,14,19,32H,4-5,8-9,15-16H2,1H3,(H,34,36). The van der Waals surface area contributed by atoms with Gasteiger partial charge in [-0.3, -0.25) is 4.79 Å². The Morgan fingerprint density at radius 1 is 1.22 bits per heavy atom. The van der Waals surface area contributed by atoms with Crippen LogP contribution in [0.2, 0.25) is 5.02 Å². The number of piperazine rings is 1. The monoisotopic (exact) mass is 568 g/mol. The summed E-state index contributed by atoms with van der Waals surface area (Å²) in [6, 6.07) is 15.5. The third kappa shape index (κ3) is 5.18. The molecule has 0 bridgehead atoms. The summed E-state index contributed by atoms with van der Waals surface area (Å²) >= 11 is 6.80. The second kappa shape index (κ2) is 10.9. The van der Waals surface area contributed by atoms with Crippen molar-refractivity contribution in [1.29, 1.82) is 10.5 Å². The molecule has 1 saturated heterocycles. The van der Waals surface area contributed by atoms with Gasteiger partial charge in [0.1, 0.15) is 11.8 Å². The number of ether oxygens (including phenoxy) is 1. The number of amides is 1. The summed E-state index contributed by atoms with van der Waals surface area (Å²) in [6.07, 6.45) is 3.46. The van der Waals surface area contributed by atoms with Crippen LogP contribution in [0.15, 0.2) is 42.6 Å². The Balaban J connectivity index is 1.42. The molecule has 3 heterocycles. The molecule has 41 heavy (non-hydrogen) atoms. The lowest BCUT2D eigenvalue weighted by molar-refractivity contribution is -0.118. The highest BCUT2D eigenvalue weighted by molar-refractivity contribution is 6.36. The molecule has 1 aliphatic carbocycles. The molecule has 2 aliphatic rings. The van der Waals surface area contributed by atoms with Crippen molar-refractivity contribution in [2.75, 3.05) is 41.9 Å². The zero-order valence-corrected chi connectivity index (χ0v) is 22.9. The van der Waals surface area contributed by atoms with E-state index < -0.39 is 0 Å². The number of imidazole rings is 1. The van der Waals surface area contributed by atoms with Crippen molar-refractivity contribution in [2.45, 2.75) is 25.4 Å². The van der Waals surface area contributed by atoms with Gasteiger partial charge in [0.2, 0.25) is 11.9 Å². The number of carbonyl (C=O) groups excluding carboxylic acids is 1. The fourth-order valence-electron chi connectivity index (χ4n) is 4.82. The average Bonchev–Trinajstić information content (AvgIpc) is 3.76. The minimum Gasteiger partial charge on any atom is -0.497 e. The highest BCUT2D eigenvalue weighted by Gasteiger charge is 2.33. The highest BCUT2D eigenvalue weighted by atomic mass is 35.5. The van der Waals surface area contributed by atoms with E-state index in [1.165, 1.54) is 10.7 Å². The number of anilines is 4. The first-order valence-corrected chi connectivity index (χ1v) is 13.4. The average molecular weight is 569 g/mol. The molecule has 2 fully saturated rings. The predicted molar refractivity (Wildman–Crippen MR) is 152 cm³/mol. The van der Waals surface area contributed by atoms with Gasteiger partial charge in [-0.1, -0.05) is 23.7 Å². The number of methoxy groups -OCH3 is 1. The first-order chi connectivity index (χ1) is 20.0. The van der Waals surface area contributed by atoms with Gasteiger partial charge in [-0.2, -0.15) is 20.0 Å². The molecule has 2 N–H and O–H groups in total. The van der Waals surface area contributed by atoms with E-state index in [1.807, 2.05) is 24.3 Å². The third-order valence-corrected chi connectivity index (χ3v) is 7.44. The Kier molecular flexibility index (Phi) is 7.01. The second-order valence-corrected chi connectivity index (χ2v) is 10.2. The molecule has 6 rings (SSSR count). The Morgan fingerprint density at radius 2 is 2.02 bits per heavy atom. The molecule has 2 aromatic heterocycles. The number of hydrogen-bond donors (Lipinski definition) is 2. The normalized spacial score (nSPS) is 14.9. The lowest BCUT2D eigenvalue weighted by Crippen LogP contribution is -2.48. The van der Waals surface area contributed by atoms with Gasteiger partial charge in [0.25, 0.3) is 0 Å². The SMILES string of the molecule is COc1ccc(CN(c2nc(Nc3cc(C#N)cc(N4CCNCC4=O)c3Cl)nn3c(C#N)cnc23)C2CC2)cc1. The molecule has 0 unspecified atom stereocenters. The molecular weight excluding hydrogens is 544 g/mol. The Bertz CT molecular complexity index is 1720. The number of fused-ring (bicyclic) bond motifs is 1. The molecule has 1 amide bonds. The van der Waals surface area contributed by atoms with Crippen molar-refractivity contribution in [2.24, 2.45) is 0 Å². The van der Waals surface area contributed by atoms with Crippen LogP contribution in [-0.4, -0.2) is 58.3 Å². The number of nitriles is 2. The molecule has 0 spiro atoms. The maximum absolute atomic E-state index is 12.6. The quantitative estimate of drug-likeness (QED) is 0.324. The van der Waals surface area contributed by atoms with Gasteiger partial charge in [0, 0.05) is 25.7 Å². The predicted octanol–water partition coefficient (Wildman–Crippen LogP) is 3.38. The van der Waals surface area contributed by atoms with Gasteiger partial charge in [0.15, 0.2) is 17.2 Å². The third-order valence-electron chi connectivity index (χ3n) is 7.04. The number of benzene rings is 2. The van der Waals surface area contributed by atoms with Crippen LogP contribution in [0.3, 0.4) is 0 Å². The molecule has 2 aromatic carbocycles. The second-order valence-electron chi connectivity index (χ2n) is 9.77. The van der Waals surface area contributed by atoms with Gasteiger partial charge in [-0.15, -0.1) is 5.10 Å². The van der Waals surface area contributed by atoms with Crippen molar-refractivity contribution in [1.82, 2.24) is 24.9 Å². The van der Waals surface area contributed by atoms with Crippen molar-refractivity contribution >= 4 is 46.3 Å². The molecule has 12 nitrogen and oxygen atoms in total. The zero-order chi connectivity index (χ0) is 28.5. The smallest absolute Gasteiger partial charge is 0.247 e. The summed E-state index contributed by atoms with van der Waals surface area (Å²) in [7, 11) is 1.63. The summed E-state index contributed by atoms with van der Waals surface area (Å²) in [6.45, 7) is 1.77. The summed E-state index contributed by atoms with van der Waals surface area (Å²) in [4.78, 5) is 25.6. The van der Waals surface area contributed by atoms with Gasteiger partial charge in [-0.05, 0) is 42.7 Å². The van der Waals surface area contributed by atoms with Gasteiger partial charge < -0.3 is 25.2 Å². The van der Waals surface area contributed by atoms with Crippen molar-refractivity contribution < 1.29 is 9.53 Å². The Morgan fingerprint density at radius 3 is 2.71 bits per heavy atom. The van der Waals surface area contributed by atoms with Crippen LogP contribution in [-0.2, 0) is 11.3 Å². The number of hydrogen-bond acceptors (Lipinski definition) is 10. The van der Waals surface area contributed by atoms with E-state index in [0.29, 0.717) is 48.0 Å². The lowest BCUT2D eigenvalue weighted by atomic mass is 10.1. The molecule has 13 heteroatoms. The van der Waals surface area contributed by atoms with Crippen molar-refractivity contribution in [3.63, 3.8) is 0 Å². The molecule has 0 atom stereocenters. The van der Waals surface area contributed by atoms with Crippen LogP contribution in [0.25, 0.3) is 5.65 Å². The summed E-state index contributed by atoms with van der Waals surface area (Å²) in [5.74, 6) is 1.35. The maximum atomic E-state index is 12.6. The fourth-order valence-corrected chi connectivity index (χ4v) is 5.08. The van der Waals surface area contributed by atoms with Crippen molar-refractivity contribution in [3.8, 4) is 17.9 Å². The fraction of sp³-hybridized carbons (Fsp3) is 0.286. The van der Waals surface area contributed by atoms with Gasteiger partial charge in [0.05, 0.1) is 47.9 Å². The Hall–Kier alpha value is -4.91. The van der Waals surface area contributed by atoms with Gasteiger partial charge >= 0.3 is 0 Å². The van der Waals surface area contributed by atoms with Gasteiger partial charge in [-0.25, -0.2) is 4.98 Å². The number of aromatic nitrogens is 4. The number of nitrogens with one attached hydrogen (secondary N) is 2. The number of carbonyl (C=O) groups is 1. The van der Waals surface area contributed by atoms with E-state index >= 15 is 0 Å².